The SMILES string of the molecule is COCC(C)(CCO)NCc1n[nH]c(=O)[nH]1. The number of aromatic amines is 2. The lowest BCUT2D eigenvalue weighted by molar-refractivity contribution is 0.0965. The van der Waals surface area contributed by atoms with Crippen LogP contribution in [0.4, 0.5) is 0 Å². The number of hydrogen-bond donors (Lipinski definition) is 4. The summed E-state index contributed by atoms with van der Waals surface area (Å²) >= 11 is 0. The van der Waals surface area contributed by atoms with Gasteiger partial charge in [0.1, 0.15) is 5.82 Å². The van der Waals surface area contributed by atoms with E-state index in [0.29, 0.717) is 25.4 Å². The van der Waals surface area contributed by atoms with Crippen LogP contribution in [0, 0.1) is 0 Å². The Morgan fingerprint density at radius 2 is 2.38 bits per heavy atom. The molecule has 0 aromatic carbocycles. The Bertz CT molecular complexity index is 354. The fourth-order valence-corrected chi connectivity index (χ4v) is 1.46. The third-order valence-corrected chi connectivity index (χ3v) is 2.36. The molecule has 1 rings (SSSR count). The van der Waals surface area contributed by atoms with Crippen LogP contribution in [0.15, 0.2) is 4.79 Å². The molecule has 1 unspecified atom stereocenters. The van der Waals surface area contributed by atoms with Crippen molar-refractivity contribution in [3.63, 3.8) is 0 Å². The Morgan fingerprint density at radius 1 is 1.62 bits per heavy atom. The zero-order valence-corrected chi connectivity index (χ0v) is 9.54. The van der Waals surface area contributed by atoms with E-state index in [1.54, 1.807) is 7.11 Å². The van der Waals surface area contributed by atoms with E-state index < -0.39 is 0 Å². The van der Waals surface area contributed by atoms with Crippen molar-refractivity contribution in [3.8, 4) is 0 Å². The molecule has 16 heavy (non-hydrogen) atoms. The Morgan fingerprint density at radius 3 is 2.88 bits per heavy atom. The Kier molecular flexibility index (Phi) is 4.66. The van der Waals surface area contributed by atoms with E-state index in [0.717, 1.165) is 0 Å². The van der Waals surface area contributed by atoms with Gasteiger partial charge >= 0.3 is 5.69 Å². The summed E-state index contributed by atoms with van der Waals surface area (Å²) in [5.74, 6) is 0.533. The first-order chi connectivity index (χ1) is 7.59. The van der Waals surface area contributed by atoms with Crippen molar-refractivity contribution in [1.82, 2.24) is 20.5 Å². The molecule has 4 N–H and O–H groups in total. The van der Waals surface area contributed by atoms with Gasteiger partial charge < -0.3 is 15.2 Å². The molecule has 0 bridgehead atoms. The topological polar surface area (TPSA) is 103 Å². The van der Waals surface area contributed by atoms with E-state index in [-0.39, 0.29) is 17.8 Å². The van der Waals surface area contributed by atoms with Gasteiger partial charge in [-0.1, -0.05) is 0 Å². The molecule has 1 atom stereocenters. The molecule has 0 spiro atoms. The lowest BCUT2D eigenvalue weighted by Gasteiger charge is -2.29. The van der Waals surface area contributed by atoms with E-state index in [1.165, 1.54) is 0 Å². The van der Waals surface area contributed by atoms with Crippen molar-refractivity contribution >= 4 is 0 Å². The average molecular weight is 230 g/mol. The summed E-state index contributed by atoms with van der Waals surface area (Å²) < 4.78 is 5.08. The molecule has 0 saturated heterocycles. The number of aliphatic hydroxyl groups excluding tert-OH is 1. The van der Waals surface area contributed by atoms with Crippen LogP contribution in [0.2, 0.25) is 0 Å². The molecule has 0 saturated carbocycles. The predicted molar refractivity (Wildman–Crippen MR) is 58.0 cm³/mol. The summed E-state index contributed by atoms with van der Waals surface area (Å²) in [6.45, 7) is 2.91. The summed E-state index contributed by atoms with van der Waals surface area (Å²) in [5.41, 5.74) is -0.660. The van der Waals surface area contributed by atoms with Crippen LogP contribution in [-0.4, -0.2) is 46.2 Å². The summed E-state index contributed by atoms with van der Waals surface area (Å²) in [6, 6.07) is 0. The normalized spacial score (nSPS) is 14.9. The standard InChI is InChI=1S/C9H18N4O3/c1-9(3-4-14,6-16-2)10-5-7-11-8(15)13-12-7/h10,14H,3-6H2,1-2H3,(H2,11,12,13,15). The third kappa shape index (κ3) is 3.76. The van der Waals surface area contributed by atoms with Gasteiger partial charge in [0.05, 0.1) is 13.2 Å². The molecule has 0 aliphatic rings. The fraction of sp³-hybridized carbons (Fsp3) is 0.778. The zero-order valence-electron chi connectivity index (χ0n) is 9.54. The van der Waals surface area contributed by atoms with Crippen LogP contribution < -0.4 is 11.0 Å². The lowest BCUT2D eigenvalue weighted by atomic mass is 9.99. The number of nitrogens with one attached hydrogen (secondary N) is 3. The quantitative estimate of drug-likeness (QED) is 0.480. The minimum Gasteiger partial charge on any atom is -0.396 e. The highest BCUT2D eigenvalue weighted by atomic mass is 16.5. The Hall–Kier alpha value is -1.18. The highest BCUT2D eigenvalue weighted by Gasteiger charge is 2.23. The number of methoxy groups -OCH3 is 1. The van der Waals surface area contributed by atoms with Gasteiger partial charge in [-0.15, -0.1) is 0 Å². The molecule has 0 fully saturated rings. The van der Waals surface area contributed by atoms with Crippen molar-refractivity contribution in [3.05, 3.63) is 16.3 Å². The van der Waals surface area contributed by atoms with Gasteiger partial charge in [-0.3, -0.25) is 4.98 Å². The molecule has 0 aliphatic heterocycles. The maximum absolute atomic E-state index is 10.8. The van der Waals surface area contributed by atoms with Crippen LogP contribution in [-0.2, 0) is 11.3 Å². The number of nitrogens with zero attached hydrogens (tertiary/aromatic N) is 1. The van der Waals surface area contributed by atoms with Crippen LogP contribution in [0.25, 0.3) is 0 Å². The van der Waals surface area contributed by atoms with Crippen LogP contribution in [0.5, 0.6) is 0 Å². The van der Waals surface area contributed by atoms with E-state index in [2.05, 4.69) is 20.5 Å². The fourth-order valence-electron chi connectivity index (χ4n) is 1.46. The minimum atomic E-state index is -0.334. The van der Waals surface area contributed by atoms with Gasteiger partial charge in [0.15, 0.2) is 0 Å². The van der Waals surface area contributed by atoms with Gasteiger partial charge in [0, 0.05) is 19.3 Å². The molecule has 0 radical (unpaired) electrons. The predicted octanol–water partition coefficient (Wildman–Crippen LogP) is -1.02. The van der Waals surface area contributed by atoms with E-state index in [9.17, 15) is 4.79 Å². The number of ether oxygens (including phenoxy) is 1. The summed E-state index contributed by atoms with van der Waals surface area (Å²) in [7, 11) is 1.60. The second-order valence-corrected chi connectivity index (χ2v) is 3.95. The Balaban J connectivity index is 2.52. The Labute approximate surface area is 93.2 Å². The summed E-state index contributed by atoms with van der Waals surface area (Å²) in [5, 5.41) is 18.2. The third-order valence-electron chi connectivity index (χ3n) is 2.36. The molecule has 1 heterocycles. The first-order valence-corrected chi connectivity index (χ1v) is 5.08. The molecule has 1 aromatic heterocycles. The van der Waals surface area contributed by atoms with Crippen molar-refractivity contribution < 1.29 is 9.84 Å². The highest BCUT2D eigenvalue weighted by Crippen LogP contribution is 2.09. The van der Waals surface area contributed by atoms with Gasteiger partial charge in [-0.2, -0.15) is 5.10 Å². The van der Waals surface area contributed by atoms with Crippen molar-refractivity contribution in [2.24, 2.45) is 0 Å². The van der Waals surface area contributed by atoms with Gasteiger partial charge in [0.25, 0.3) is 0 Å². The molecular weight excluding hydrogens is 212 g/mol. The van der Waals surface area contributed by atoms with E-state index in [4.69, 9.17) is 9.84 Å². The number of aromatic nitrogens is 3. The first kappa shape index (κ1) is 12.9. The monoisotopic (exact) mass is 230 g/mol. The molecule has 0 aliphatic carbocycles. The molecule has 92 valence electrons. The maximum atomic E-state index is 10.8. The van der Waals surface area contributed by atoms with Crippen molar-refractivity contribution in [1.29, 1.82) is 0 Å². The molecule has 7 heteroatoms. The van der Waals surface area contributed by atoms with Crippen LogP contribution in [0.1, 0.15) is 19.2 Å². The first-order valence-electron chi connectivity index (χ1n) is 5.08. The molecule has 1 aromatic rings. The molecule has 7 nitrogen and oxygen atoms in total. The highest BCUT2D eigenvalue weighted by molar-refractivity contribution is 4.87. The van der Waals surface area contributed by atoms with Crippen LogP contribution in [0.3, 0.4) is 0 Å². The molecular formula is C9H18N4O3. The van der Waals surface area contributed by atoms with Gasteiger partial charge in [-0.25, -0.2) is 9.89 Å². The molecule has 0 amide bonds. The average Bonchev–Trinajstić information content (AvgIpc) is 2.62. The number of H-pyrrole nitrogens is 2. The largest absolute Gasteiger partial charge is 0.396 e. The summed E-state index contributed by atoms with van der Waals surface area (Å²) in [6.07, 6.45) is 0.565. The summed E-state index contributed by atoms with van der Waals surface area (Å²) in [4.78, 5) is 13.3. The van der Waals surface area contributed by atoms with E-state index >= 15 is 0 Å². The number of aliphatic hydroxyl groups is 1. The second-order valence-electron chi connectivity index (χ2n) is 3.95. The number of rotatable bonds is 7. The smallest absolute Gasteiger partial charge is 0.340 e. The maximum Gasteiger partial charge on any atom is 0.340 e. The second kappa shape index (κ2) is 5.78. The van der Waals surface area contributed by atoms with Gasteiger partial charge in [0.2, 0.25) is 0 Å². The van der Waals surface area contributed by atoms with Gasteiger partial charge in [-0.05, 0) is 13.3 Å². The van der Waals surface area contributed by atoms with Crippen LogP contribution >= 0.6 is 0 Å². The number of hydrogen-bond acceptors (Lipinski definition) is 5. The zero-order chi connectivity index (χ0) is 12.0. The van der Waals surface area contributed by atoms with E-state index in [1.807, 2.05) is 6.92 Å². The van der Waals surface area contributed by atoms with Crippen molar-refractivity contribution in [2.45, 2.75) is 25.4 Å². The lowest BCUT2D eigenvalue weighted by Crippen LogP contribution is -2.46. The minimum absolute atomic E-state index is 0.0734. The van der Waals surface area contributed by atoms with Crippen molar-refractivity contribution in [2.75, 3.05) is 20.3 Å².